The lowest BCUT2D eigenvalue weighted by Crippen LogP contribution is -2.42. The van der Waals surface area contributed by atoms with Crippen LogP contribution >= 0.6 is 22.7 Å². The Kier molecular flexibility index (Phi) is 7.67. The van der Waals surface area contributed by atoms with Crippen molar-refractivity contribution in [2.45, 2.75) is 46.2 Å². The standard InChI is InChI=1S/C20H31N5S2/c1-4-19-24-17(14-26-19)13-25-9-7-16(8-10-25)11-22-20(21-3)23-12-18-6-5-15(2)27-18/h5-6,14,16H,4,7-13H2,1-3H3,(H2,21,22,23). The first-order chi connectivity index (χ1) is 13.2. The van der Waals surface area contributed by atoms with Crippen molar-refractivity contribution in [1.29, 1.82) is 0 Å². The van der Waals surface area contributed by atoms with Crippen molar-refractivity contribution in [3.05, 3.63) is 38.0 Å². The van der Waals surface area contributed by atoms with Crippen molar-refractivity contribution in [2.24, 2.45) is 10.9 Å². The zero-order valence-electron chi connectivity index (χ0n) is 16.6. The lowest BCUT2D eigenvalue weighted by atomic mass is 9.97. The molecule has 148 valence electrons. The molecule has 0 radical (unpaired) electrons. The van der Waals surface area contributed by atoms with Crippen LogP contribution in [0.5, 0.6) is 0 Å². The van der Waals surface area contributed by atoms with Gasteiger partial charge in [0.2, 0.25) is 0 Å². The van der Waals surface area contributed by atoms with Gasteiger partial charge < -0.3 is 10.6 Å². The third-order valence-corrected chi connectivity index (χ3v) is 7.05. The summed E-state index contributed by atoms with van der Waals surface area (Å²) in [6, 6.07) is 4.35. The molecule has 7 heteroatoms. The third-order valence-electron chi connectivity index (χ3n) is 5.00. The normalized spacial score (nSPS) is 16.6. The summed E-state index contributed by atoms with van der Waals surface area (Å²) in [7, 11) is 1.84. The van der Waals surface area contributed by atoms with Crippen LogP contribution in [0.25, 0.3) is 0 Å². The fourth-order valence-electron chi connectivity index (χ4n) is 3.37. The van der Waals surface area contributed by atoms with Crippen molar-refractivity contribution in [3.8, 4) is 0 Å². The summed E-state index contributed by atoms with van der Waals surface area (Å²) in [5.41, 5.74) is 1.24. The number of piperidine rings is 1. The molecule has 2 aromatic rings. The Hall–Kier alpha value is -1.44. The molecule has 1 aliphatic rings. The predicted octanol–water partition coefficient (Wildman–Crippen LogP) is 3.65. The molecule has 3 heterocycles. The van der Waals surface area contributed by atoms with Gasteiger partial charge >= 0.3 is 0 Å². The van der Waals surface area contributed by atoms with Crippen molar-refractivity contribution in [3.63, 3.8) is 0 Å². The number of rotatable bonds is 7. The zero-order valence-corrected chi connectivity index (χ0v) is 18.3. The first-order valence-electron chi connectivity index (χ1n) is 9.81. The highest BCUT2D eigenvalue weighted by Crippen LogP contribution is 2.19. The number of aromatic nitrogens is 1. The topological polar surface area (TPSA) is 52.6 Å². The van der Waals surface area contributed by atoms with Gasteiger partial charge in [-0.1, -0.05) is 6.92 Å². The van der Waals surface area contributed by atoms with Gasteiger partial charge in [0.05, 0.1) is 17.2 Å². The largest absolute Gasteiger partial charge is 0.356 e. The molecule has 1 fully saturated rings. The molecule has 0 aromatic carbocycles. The maximum Gasteiger partial charge on any atom is 0.191 e. The number of aliphatic imine (C=N–C) groups is 1. The molecule has 27 heavy (non-hydrogen) atoms. The van der Waals surface area contributed by atoms with E-state index in [1.807, 2.05) is 18.4 Å². The van der Waals surface area contributed by atoms with E-state index in [9.17, 15) is 0 Å². The number of guanidine groups is 1. The van der Waals surface area contributed by atoms with Crippen molar-refractivity contribution >= 4 is 28.6 Å². The van der Waals surface area contributed by atoms with Crippen LogP contribution in [0.3, 0.4) is 0 Å². The van der Waals surface area contributed by atoms with E-state index in [1.54, 1.807) is 11.3 Å². The number of hydrogen-bond donors (Lipinski definition) is 2. The summed E-state index contributed by atoms with van der Waals surface area (Å²) in [5.74, 6) is 1.61. The van der Waals surface area contributed by atoms with E-state index in [-0.39, 0.29) is 0 Å². The first kappa shape index (κ1) is 20.3. The second-order valence-electron chi connectivity index (χ2n) is 7.12. The van der Waals surface area contributed by atoms with Gasteiger partial charge in [0.15, 0.2) is 5.96 Å². The summed E-state index contributed by atoms with van der Waals surface area (Å²) in [4.78, 5) is 14.3. The Labute approximate surface area is 170 Å². The molecule has 1 saturated heterocycles. The Bertz CT molecular complexity index is 728. The van der Waals surface area contributed by atoms with Crippen molar-refractivity contribution in [2.75, 3.05) is 26.7 Å². The van der Waals surface area contributed by atoms with Crippen LogP contribution in [-0.2, 0) is 19.5 Å². The first-order valence-corrected chi connectivity index (χ1v) is 11.5. The number of nitrogens with one attached hydrogen (secondary N) is 2. The molecule has 2 N–H and O–H groups in total. The summed E-state index contributed by atoms with van der Waals surface area (Å²) in [5, 5.41) is 10.4. The van der Waals surface area contributed by atoms with E-state index in [0.29, 0.717) is 5.92 Å². The second-order valence-corrected chi connectivity index (χ2v) is 9.44. The summed E-state index contributed by atoms with van der Waals surface area (Å²) in [6.45, 7) is 9.46. The molecular weight excluding hydrogens is 374 g/mol. The number of aryl methyl sites for hydroxylation is 2. The fourth-order valence-corrected chi connectivity index (χ4v) is 4.94. The SMILES string of the molecule is CCc1nc(CN2CCC(CNC(=NC)NCc3ccc(C)s3)CC2)cs1. The predicted molar refractivity (Wildman–Crippen MR) is 117 cm³/mol. The molecule has 0 amide bonds. The third kappa shape index (κ3) is 6.30. The number of likely N-dealkylation sites (tertiary alicyclic amines) is 1. The van der Waals surface area contributed by atoms with Crippen LogP contribution in [0, 0.1) is 12.8 Å². The van der Waals surface area contributed by atoms with E-state index in [1.165, 1.54) is 33.3 Å². The molecule has 5 nitrogen and oxygen atoms in total. The highest BCUT2D eigenvalue weighted by atomic mass is 32.1. The van der Waals surface area contributed by atoms with E-state index in [4.69, 9.17) is 4.98 Å². The molecule has 0 spiro atoms. The Balaban J connectivity index is 1.35. The molecule has 0 unspecified atom stereocenters. The lowest BCUT2D eigenvalue weighted by molar-refractivity contribution is 0.176. The Morgan fingerprint density at radius 1 is 1.30 bits per heavy atom. The van der Waals surface area contributed by atoms with Crippen LogP contribution in [0.4, 0.5) is 0 Å². The summed E-state index contributed by atoms with van der Waals surface area (Å²) in [6.07, 6.45) is 3.51. The lowest BCUT2D eigenvalue weighted by Gasteiger charge is -2.31. The fraction of sp³-hybridized carbons (Fsp3) is 0.600. The number of nitrogens with zero attached hydrogens (tertiary/aromatic N) is 3. The van der Waals surface area contributed by atoms with Crippen molar-refractivity contribution in [1.82, 2.24) is 20.5 Å². The van der Waals surface area contributed by atoms with Gasteiger partial charge in [0.1, 0.15) is 0 Å². The molecule has 1 aliphatic heterocycles. The van der Waals surface area contributed by atoms with Crippen molar-refractivity contribution < 1.29 is 0 Å². The highest BCUT2D eigenvalue weighted by Gasteiger charge is 2.20. The molecule has 2 aromatic heterocycles. The molecule has 0 bridgehead atoms. The van der Waals surface area contributed by atoms with E-state index in [0.717, 1.165) is 45.1 Å². The zero-order chi connectivity index (χ0) is 19.1. The van der Waals surface area contributed by atoms with Gasteiger partial charge in [-0.05, 0) is 57.3 Å². The minimum absolute atomic E-state index is 0.713. The Morgan fingerprint density at radius 2 is 2.11 bits per heavy atom. The minimum atomic E-state index is 0.713. The number of thiophene rings is 1. The smallest absolute Gasteiger partial charge is 0.191 e. The summed E-state index contributed by atoms with van der Waals surface area (Å²) < 4.78 is 0. The average molecular weight is 406 g/mol. The van der Waals surface area contributed by atoms with Gasteiger partial charge in [-0.2, -0.15) is 0 Å². The molecule has 0 saturated carbocycles. The number of thiazole rings is 1. The van der Waals surface area contributed by atoms with Crippen LogP contribution in [0.15, 0.2) is 22.5 Å². The second kappa shape index (κ2) is 10.2. The van der Waals surface area contributed by atoms with Crippen LogP contribution in [-0.4, -0.2) is 42.5 Å². The maximum atomic E-state index is 4.70. The summed E-state index contributed by atoms with van der Waals surface area (Å²) >= 11 is 3.62. The van der Waals surface area contributed by atoms with Crippen LogP contribution in [0.2, 0.25) is 0 Å². The molecule has 0 atom stereocenters. The molecule has 3 rings (SSSR count). The van der Waals surface area contributed by atoms with Gasteiger partial charge in [-0.15, -0.1) is 22.7 Å². The Morgan fingerprint density at radius 3 is 2.74 bits per heavy atom. The molecule has 0 aliphatic carbocycles. The van der Waals surface area contributed by atoms with Crippen LogP contribution < -0.4 is 10.6 Å². The van der Waals surface area contributed by atoms with E-state index < -0.39 is 0 Å². The van der Waals surface area contributed by atoms with Gasteiger partial charge in [-0.25, -0.2) is 4.98 Å². The highest BCUT2D eigenvalue weighted by molar-refractivity contribution is 7.11. The minimum Gasteiger partial charge on any atom is -0.356 e. The quantitative estimate of drug-likeness (QED) is 0.545. The average Bonchev–Trinajstić information content (AvgIpc) is 3.31. The van der Waals surface area contributed by atoms with Gasteiger partial charge in [0.25, 0.3) is 0 Å². The monoisotopic (exact) mass is 405 g/mol. The molecular formula is C20H31N5S2. The van der Waals surface area contributed by atoms with Crippen LogP contribution in [0.1, 0.15) is 40.2 Å². The van der Waals surface area contributed by atoms with Gasteiger partial charge in [0, 0.05) is 35.3 Å². The number of hydrogen-bond acceptors (Lipinski definition) is 5. The van der Waals surface area contributed by atoms with E-state index >= 15 is 0 Å². The van der Waals surface area contributed by atoms with E-state index in [2.05, 4.69) is 51.9 Å². The maximum absolute atomic E-state index is 4.70. The van der Waals surface area contributed by atoms with Gasteiger partial charge in [-0.3, -0.25) is 9.89 Å².